The number of benzene rings is 2. The first-order valence-electron chi connectivity index (χ1n) is 9.99. The normalized spacial score (nSPS) is 11.7. The number of esters is 1. The summed E-state index contributed by atoms with van der Waals surface area (Å²) in [6.45, 7) is 9.46. The van der Waals surface area contributed by atoms with Crippen molar-refractivity contribution in [1.82, 2.24) is 0 Å². The van der Waals surface area contributed by atoms with E-state index in [1.54, 1.807) is 44.2 Å². The lowest BCUT2D eigenvalue weighted by molar-refractivity contribution is -0.114. The number of carbonyl (C=O) groups excluding carboxylic acids is 2. The van der Waals surface area contributed by atoms with E-state index >= 15 is 0 Å². The molecule has 168 valence electrons. The molecule has 0 aliphatic heterocycles. The van der Waals surface area contributed by atoms with E-state index in [0.29, 0.717) is 22.5 Å². The summed E-state index contributed by atoms with van der Waals surface area (Å²) in [7, 11) is -3.69. The summed E-state index contributed by atoms with van der Waals surface area (Å²) in [5.74, 6) is -0.998. The lowest BCUT2D eigenvalue weighted by Crippen LogP contribution is -2.37. The summed E-state index contributed by atoms with van der Waals surface area (Å²) in [5.41, 5.74) is 2.70. The molecule has 0 unspecified atom stereocenters. The molecule has 2 aromatic rings. The van der Waals surface area contributed by atoms with Gasteiger partial charge >= 0.3 is 5.97 Å². The van der Waals surface area contributed by atoms with Gasteiger partial charge in [0.1, 0.15) is 6.54 Å². The molecule has 0 fully saturated rings. The molecule has 0 atom stereocenters. The van der Waals surface area contributed by atoms with Crippen LogP contribution in [0.3, 0.4) is 0 Å². The van der Waals surface area contributed by atoms with Crippen molar-refractivity contribution in [3.05, 3.63) is 59.2 Å². The summed E-state index contributed by atoms with van der Waals surface area (Å²) in [5, 5.41) is 2.70. The Labute approximate surface area is 184 Å². The predicted octanol–water partition coefficient (Wildman–Crippen LogP) is 3.87. The highest BCUT2D eigenvalue weighted by Crippen LogP contribution is 2.26. The number of nitrogens with zero attached hydrogens (tertiary/aromatic N) is 1. The van der Waals surface area contributed by atoms with E-state index in [-0.39, 0.29) is 12.0 Å². The zero-order valence-corrected chi connectivity index (χ0v) is 19.7. The topological polar surface area (TPSA) is 92.8 Å². The van der Waals surface area contributed by atoms with Crippen LogP contribution >= 0.6 is 0 Å². The maximum Gasteiger partial charge on any atom is 0.338 e. The van der Waals surface area contributed by atoms with E-state index in [0.717, 1.165) is 16.1 Å². The molecule has 0 saturated heterocycles. The molecule has 7 nitrogen and oxygen atoms in total. The van der Waals surface area contributed by atoms with Gasteiger partial charge in [-0.3, -0.25) is 9.10 Å². The van der Waals surface area contributed by atoms with Crippen molar-refractivity contribution in [2.75, 3.05) is 29.0 Å². The van der Waals surface area contributed by atoms with Gasteiger partial charge in [-0.15, -0.1) is 0 Å². The van der Waals surface area contributed by atoms with E-state index in [4.69, 9.17) is 4.74 Å². The van der Waals surface area contributed by atoms with Gasteiger partial charge in [-0.05, 0) is 54.7 Å². The second kappa shape index (κ2) is 9.51. The number of rotatable bonds is 7. The summed E-state index contributed by atoms with van der Waals surface area (Å²) in [4.78, 5) is 24.8. The quantitative estimate of drug-likeness (QED) is 0.652. The molecule has 2 rings (SSSR count). The smallest absolute Gasteiger partial charge is 0.338 e. The fourth-order valence-electron chi connectivity index (χ4n) is 3.05. The van der Waals surface area contributed by atoms with Crippen molar-refractivity contribution in [2.24, 2.45) is 0 Å². The molecule has 31 heavy (non-hydrogen) atoms. The van der Waals surface area contributed by atoms with Crippen molar-refractivity contribution >= 4 is 33.3 Å². The van der Waals surface area contributed by atoms with Crippen LogP contribution in [0.1, 0.15) is 49.2 Å². The molecular weight excluding hydrogens is 416 g/mol. The lowest BCUT2D eigenvalue weighted by Gasteiger charge is -2.24. The first-order valence-corrected chi connectivity index (χ1v) is 11.8. The Morgan fingerprint density at radius 1 is 1.06 bits per heavy atom. The fraction of sp³-hybridized carbons (Fsp3) is 0.391. The highest BCUT2D eigenvalue weighted by atomic mass is 32.2. The molecule has 0 aliphatic rings. The average molecular weight is 447 g/mol. The Balaban J connectivity index is 2.25. The molecule has 0 saturated carbocycles. The standard InChI is InChI=1S/C23H30N2O5S/c1-7-30-22(27)19-9-8-10-20(16(19)2)24-21(26)15-25(31(6,28)29)18-13-11-17(12-14-18)23(3,4)5/h8-14H,7,15H2,1-6H3,(H,24,26). The van der Waals surface area contributed by atoms with Gasteiger partial charge in [0.05, 0.1) is 24.1 Å². The molecule has 1 amide bonds. The largest absolute Gasteiger partial charge is 0.462 e. The SMILES string of the molecule is CCOC(=O)c1cccc(NC(=O)CN(c2ccc(C(C)(C)C)cc2)S(C)(=O)=O)c1C. The van der Waals surface area contributed by atoms with Gasteiger partial charge in [-0.2, -0.15) is 0 Å². The highest BCUT2D eigenvalue weighted by molar-refractivity contribution is 7.92. The number of ether oxygens (including phenoxy) is 1. The van der Waals surface area contributed by atoms with Crippen molar-refractivity contribution in [3.63, 3.8) is 0 Å². The number of anilines is 2. The minimum Gasteiger partial charge on any atom is -0.462 e. The zero-order valence-electron chi connectivity index (χ0n) is 18.9. The summed E-state index contributed by atoms with van der Waals surface area (Å²) in [6, 6.07) is 12.0. The fourth-order valence-corrected chi connectivity index (χ4v) is 3.91. The van der Waals surface area contributed by atoms with Crippen molar-refractivity contribution < 1.29 is 22.7 Å². The number of nitrogens with one attached hydrogen (secondary N) is 1. The monoisotopic (exact) mass is 446 g/mol. The zero-order chi connectivity index (χ0) is 23.4. The molecule has 8 heteroatoms. The predicted molar refractivity (Wildman–Crippen MR) is 123 cm³/mol. The third-order valence-electron chi connectivity index (χ3n) is 4.81. The number of hydrogen-bond acceptors (Lipinski definition) is 5. The Morgan fingerprint density at radius 3 is 2.19 bits per heavy atom. The van der Waals surface area contributed by atoms with E-state index in [1.807, 2.05) is 12.1 Å². The lowest BCUT2D eigenvalue weighted by atomic mass is 9.87. The second-order valence-corrected chi connectivity index (χ2v) is 10.2. The number of hydrogen-bond donors (Lipinski definition) is 1. The van der Waals surface area contributed by atoms with Crippen molar-refractivity contribution in [2.45, 2.75) is 40.0 Å². The molecule has 2 aromatic carbocycles. The second-order valence-electron chi connectivity index (χ2n) is 8.31. The van der Waals surface area contributed by atoms with Crippen LogP contribution in [-0.2, 0) is 25.0 Å². The Hall–Kier alpha value is -2.87. The first kappa shape index (κ1) is 24.4. The third kappa shape index (κ3) is 6.30. The van der Waals surface area contributed by atoms with Gasteiger partial charge < -0.3 is 10.1 Å². The van der Waals surface area contributed by atoms with Gasteiger partial charge in [0.25, 0.3) is 0 Å². The maximum atomic E-state index is 12.7. The van der Waals surface area contributed by atoms with Crippen LogP contribution in [0.4, 0.5) is 11.4 Å². The van der Waals surface area contributed by atoms with Crippen LogP contribution in [0.5, 0.6) is 0 Å². The molecule has 1 N–H and O–H groups in total. The van der Waals surface area contributed by atoms with E-state index in [9.17, 15) is 18.0 Å². The average Bonchev–Trinajstić information content (AvgIpc) is 2.66. The number of carbonyl (C=O) groups is 2. The van der Waals surface area contributed by atoms with Gasteiger partial charge in [-0.25, -0.2) is 13.2 Å². The maximum absolute atomic E-state index is 12.7. The molecule has 0 aliphatic carbocycles. The number of amides is 1. The number of sulfonamides is 1. The van der Waals surface area contributed by atoms with Crippen molar-refractivity contribution in [1.29, 1.82) is 0 Å². The van der Waals surface area contributed by atoms with Gasteiger partial charge in [0.2, 0.25) is 15.9 Å². The van der Waals surface area contributed by atoms with E-state index in [1.165, 1.54) is 0 Å². The van der Waals surface area contributed by atoms with Crippen LogP contribution in [0, 0.1) is 6.92 Å². The van der Waals surface area contributed by atoms with Crippen molar-refractivity contribution in [3.8, 4) is 0 Å². The minimum atomic E-state index is -3.69. The van der Waals surface area contributed by atoms with Crippen LogP contribution < -0.4 is 9.62 Å². The van der Waals surface area contributed by atoms with Crippen LogP contribution in [0.15, 0.2) is 42.5 Å². The molecule has 0 bridgehead atoms. The Bertz CT molecular complexity index is 1050. The molecule has 0 heterocycles. The Kier molecular flexibility index (Phi) is 7.49. The molecular formula is C23H30N2O5S. The summed E-state index contributed by atoms with van der Waals surface area (Å²) >= 11 is 0. The third-order valence-corrected chi connectivity index (χ3v) is 5.95. The molecule has 0 aromatic heterocycles. The first-order chi connectivity index (χ1) is 14.3. The van der Waals surface area contributed by atoms with Gasteiger partial charge in [0, 0.05) is 5.69 Å². The van der Waals surface area contributed by atoms with Crippen LogP contribution in [0.25, 0.3) is 0 Å². The Morgan fingerprint density at radius 2 is 1.68 bits per heavy atom. The summed E-state index contributed by atoms with van der Waals surface area (Å²) in [6.07, 6.45) is 1.06. The highest BCUT2D eigenvalue weighted by Gasteiger charge is 2.23. The van der Waals surface area contributed by atoms with Crippen LogP contribution in [-0.4, -0.2) is 39.7 Å². The molecule has 0 radical (unpaired) electrons. The van der Waals surface area contributed by atoms with E-state index in [2.05, 4.69) is 26.1 Å². The minimum absolute atomic E-state index is 0.0761. The van der Waals surface area contributed by atoms with E-state index < -0.39 is 28.4 Å². The van der Waals surface area contributed by atoms with Gasteiger partial charge in [-0.1, -0.05) is 39.0 Å². The van der Waals surface area contributed by atoms with Crippen LogP contribution in [0.2, 0.25) is 0 Å². The molecule has 0 spiro atoms. The summed E-state index contributed by atoms with van der Waals surface area (Å²) < 4.78 is 30.8. The van der Waals surface area contributed by atoms with Gasteiger partial charge in [0.15, 0.2) is 0 Å².